The van der Waals surface area contributed by atoms with Crippen molar-refractivity contribution in [2.24, 2.45) is 0 Å². The molecule has 1 aliphatic rings. The van der Waals surface area contributed by atoms with Gasteiger partial charge in [0.05, 0.1) is 5.69 Å². The Bertz CT molecular complexity index is 1350. The first-order chi connectivity index (χ1) is 16.3. The molecule has 0 aliphatic carbocycles. The van der Waals surface area contributed by atoms with Crippen molar-refractivity contribution in [3.8, 4) is 0 Å². The van der Waals surface area contributed by atoms with E-state index in [1.165, 1.54) is 6.07 Å². The zero-order chi connectivity index (χ0) is 24.4. The molecule has 0 bridgehead atoms. The number of imide groups is 1. The van der Waals surface area contributed by atoms with Crippen LogP contribution in [-0.4, -0.2) is 17.7 Å². The molecule has 1 heterocycles. The molecule has 3 aromatic rings. The Balaban J connectivity index is 1.59. The number of nitrogens with zero attached hydrogens (tertiary/aromatic N) is 1. The van der Waals surface area contributed by atoms with Gasteiger partial charge in [-0.15, -0.1) is 0 Å². The second-order valence-corrected chi connectivity index (χ2v) is 8.55. The normalized spacial score (nSPS) is 13.5. The van der Waals surface area contributed by atoms with E-state index in [1.54, 1.807) is 36.4 Å². The van der Waals surface area contributed by atoms with Gasteiger partial charge in [0.25, 0.3) is 17.7 Å². The molecule has 4 rings (SSSR count). The summed E-state index contributed by atoms with van der Waals surface area (Å²) in [6, 6.07) is 19.1. The Hall–Kier alpha value is -3.61. The highest BCUT2D eigenvalue weighted by Crippen LogP contribution is 2.32. The summed E-state index contributed by atoms with van der Waals surface area (Å²) >= 11 is 12.3. The van der Waals surface area contributed by atoms with Crippen LogP contribution >= 0.6 is 23.2 Å². The van der Waals surface area contributed by atoms with E-state index in [0.29, 0.717) is 22.0 Å². The van der Waals surface area contributed by atoms with Crippen LogP contribution in [0.3, 0.4) is 0 Å². The average Bonchev–Trinajstić information content (AvgIpc) is 3.03. The van der Waals surface area contributed by atoms with Gasteiger partial charge in [-0.2, -0.15) is 0 Å². The maximum Gasteiger partial charge on any atom is 0.283 e. The summed E-state index contributed by atoms with van der Waals surface area (Å²) in [5, 5.41) is 6.03. The minimum absolute atomic E-state index is 0.0661. The molecule has 3 aromatic carbocycles. The highest BCUT2D eigenvalue weighted by atomic mass is 35.5. The predicted octanol–water partition coefficient (Wildman–Crippen LogP) is 5.90. The van der Waals surface area contributed by atoms with E-state index < -0.39 is 11.8 Å². The molecule has 6 nitrogen and oxygen atoms in total. The summed E-state index contributed by atoms with van der Waals surface area (Å²) in [6.07, 6.45) is 0.781. The molecule has 172 valence electrons. The standard InChI is InChI=1S/C26H21Cl2N3O3/c1-3-16-7-4-5-10-20(16)30-24(32)17-12-11-15(2)21(13-17)29-23-22(28)25(33)31(26(23)34)19-9-6-8-18(27)14-19/h4-14,29H,3H2,1-2H3,(H,30,32). The van der Waals surface area contributed by atoms with Crippen molar-refractivity contribution in [1.29, 1.82) is 0 Å². The van der Waals surface area contributed by atoms with Gasteiger partial charge in [0, 0.05) is 22.0 Å². The molecule has 0 fully saturated rings. The summed E-state index contributed by atoms with van der Waals surface area (Å²) in [5.41, 5.74) is 3.65. The third-order valence-corrected chi connectivity index (χ3v) is 6.09. The van der Waals surface area contributed by atoms with Crippen molar-refractivity contribution in [2.75, 3.05) is 15.5 Å². The van der Waals surface area contributed by atoms with Crippen molar-refractivity contribution in [3.63, 3.8) is 0 Å². The molecule has 0 aromatic heterocycles. The molecule has 2 N–H and O–H groups in total. The molecule has 0 unspecified atom stereocenters. The molecule has 3 amide bonds. The highest BCUT2D eigenvalue weighted by Gasteiger charge is 2.39. The van der Waals surface area contributed by atoms with E-state index in [-0.39, 0.29) is 16.6 Å². The van der Waals surface area contributed by atoms with Crippen LogP contribution in [0.15, 0.2) is 77.5 Å². The van der Waals surface area contributed by atoms with Crippen molar-refractivity contribution in [3.05, 3.63) is 99.2 Å². The number of nitrogens with one attached hydrogen (secondary N) is 2. The zero-order valence-corrected chi connectivity index (χ0v) is 20.0. The Morgan fingerprint density at radius 2 is 1.68 bits per heavy atom. The van der Waals surface area contributed by atoms with Gasteiger partial charge in [0.2, 0.25) is 0 Å². The second-order valence-electron chi connectivity index (χ2n) is 7.73. The van der Waals surface area contributed by atoms with Gasteiger partial charge in [0.1, 0.15) is 10.7 Å². The second kappa shape index (κ2) is 9.71. The number of carbonyl (C=O) groups is 3. The third-order valence-electron chi connectivity index (χ3n) is 5.50. The van der Waals surface area contributed by atoms with Crippen LogP contribution in [-0.2, 0) is 16.0 Å². The molecule has 1 aliphatic heterocycles. The van der Waals surface area contributed by atoms with Gasteiger partial charge in [-0.1, -0.05) is 60.5 Å². The lowest BCUT2D eigenvalue weighted by Gasteiger charge is -2.16. The van der Waals surface area contributed by atoms with Gasteiger partial charge < -0.3 is 10.6 Å². The number of para-hydroxylation sites is 1. The number of hydrogen-bond acceptors (Lipinski definition) is 4. The number of hydrogen-bond donors (Lipinski definition) is 2. The van der Waals surface area contributed by atoms with Crippen LogP contribution in [0.1, 0.15) is 28.4 Å². The van der Waals surface area contributed by atoms with Crippen LogP contribution in [0.5, 0.6) is 0 Å². The van der Waals surface area contributed by atoms with Gasteiger partial charge in [-0.05, 0) is 60.9 Å². The largest absolute Gasteiger partial charge is 0.349 e. The number of carbonyl (C=O) groups excluding carboxylic acids is 3. The number of benzene rings is 3. The lowest BCUT2D eigenvalue weighted by Crippen LogP contribution is -2.32. The maximum atomic E-state index is 13.1. The number of rotatable bonds is 6. The van der Waals surface area contributed by atoms with Crippen LogP contribution in [0.2, 0.25) is 5.02 Å². The molecule has 8 heteroatoms. The van der Waals surface area contributed by atoms with Gasteiger partial charge in [0.15, 0.2) is 0 Å². The first-order valence-corrected chi connectivity index (χ1v) is 11.4. The van der Waals surface area contributed by atoms with Gasteiger partial charge in [-0.25, -0.2) is 4.90 Å². The molecular weight excluding hydrogens is 473 g/mol. The molecular formula is C26H21Cl2N3O3. The average molecular weight is 494 g/mol. The minimum Gasteiger partial charge on any atom is -0.349 e. The Labute approximate surface area is 207 Å². The number of amides is 3. The molecule has 0 atom stereocenters. The van der Waals surface area contributed by atoms with Crippen LogP contribution in [0.4, 0.5) is 17.1 Å². The van der Waals surface area contributed by atoms with Crippen molar-refractivity contribution < 1.29 is 14.4 Å². The molecule has 0 saturated carbocycles. The number of anilines is 3. The smallest absolute Gasteiger partial charge is 0.283 e. The Morgan fingerprint density at radius 3 is 2.41 bits per heavy atom. The minimum atomic E-state index is -0.654. The van der Waals surface area contributed by atoms with E-state index >= 15 is 0 Å². The van der Waals surface area contributed by atoms with Crippen molar-refractivity contribution >= 4 is 58.0 Å². The molecule has 0 radical (unpaired) electrons. The predicted molar refractivity (Wildman–Crippen MR) is 135 cm³/mol. The molecule has 0 saturated heterocycles. The summed E-state index contributed by atoms with van der Waals surface area (Å²) in [6.45, 7) is 3.84. The highest BCUT2D eigenvalue weighted by molar-refractivity contribution is 6.53. The summed E-state index contributed by atoms with van der Waals surface area (Å²) in [4.78, 5) is 39.7. The lowest BCUT2D eigenvalue weighted by molar-refractivity contribution is -0.120. The first-order valence-electron chi connectivity index (χ1n) is 10.6. The Morgan fingerprint density at radius 1 is 0.912 bits per heavy atom. The maximum absolute atomic E-state index is 13.1. The van der Waals surface area contributed by atoms with E-state index in [0.717, 1.165) is 28.1 Å². The molecule has 34 heavy (non-hydrogen) atoms. The van der Waals surface area contributed by atoms with E-state index in [4.69, 9.17) is 23.2 Å². The quantitative estimate of drug-likeness (QED) is 0.419. The fraction of sp³-hybridized carbons (Fsp3) is 0.115. The third kappa shape index (κ3) is 4.55. The van der Waals surface area contributed by atoms with Crippen LogP contribution in [0, 0.1) is 6.92 Å². The first kappa shape index (κ1) is 23.5. The van der Waals surface area contributed by atoms with E-state index in [1.807, 2.05) is 38.1 Å². The fourth-order valence-electron chi connectivity index (χ4n) is 3.64. The number of halogens is 2. The van der Waals surface area contributed by atoms with Crippen molar-refractivity contribution in [2.45, 2.75) is 20.3 Å². The Kier molecular flexibility index (Phi) is 6.72. The number of aryl methyl sites for hydroxylation is 2. The van der Waals surface area contributed by atoms with Crippen LogP contribution in [0.25, 0.3) is 0 Å². The lowest BCUT2D eigenvalue weighted by atomic mass is 10.1. The van der Waals surface area contributed by atoms with Gasteiger partial charge >= 0.3 is 0 Å². The zero-order valence-electron chi connectivity index (χ0n) is 18.5. The van der Waals surface area contributed by atoms with Gasteiger partial charge in [-0.3, -0.25) is 14.4 Å². The summed E-state index contributed by atoms with van der Waals surface area (Å²) < 4.78 is 0. The summed E-state index contributed by atoms with van der Waals surface area (Å²) in [5.74, 6) is -1.55. The topological polar surface area (TPSA) is 78.5 Å². The SMILES string of the molecule is CCc1ccccc1NC(=O)c1ccc(C)c(NC2=C(Cl)C(=O)N(c3cccc(Cl)c3)C2=O)c1. The van der Waals surface area contributed by atoms with Crippen molar-refractivity contribution in [1.82, 2.24) is 0 Å². The fourth-order valence-corrected chi connectivity index (χ4v) is 4.04. The molecule has 0 spiro atoms. The van der Waals surface area contributed by atoms with Crippen LogP contribution < -0.4 is 15.5 Å². The van der Waals surface area contributed by atoms with E-state index in [2.05, 4.69) is 10.6 Å². The summed E-state index contributed by atoms with van der Waals surface area (Å²) in [7, 11) is 0. The van der Waals surface area contributed by atoms with E-state index in [9.17, 15) is 14.4 Å². The monoisotopic (exact) mass is 493 g/mol.